The molecule has 0 saturated carbocycles. The maximum atomic E-state index is 14.6. The summed E-state index contributed by atoms with van der Waals surface area (Å²) in [5.74, 6) is -1.60. The number of hydrogen-bond acceptors (Lipinski definition) is 4. The Morgan fingerprint density at radius 2 is 1.94 bits per heavy atom. The lowest BCUT2D eigenvalue weighted by Crippen LogP contribution is -2.28. The number of benzene rings is 2. The fourth-order valence-electron chi connectivity index (χ4n) is 3.65. The van der Waals surface area contributed by atoms with Crippen molar-refractivity contribution in [2.24, 2.45) is 0 Å². The van der Waals surface area contributed by atoms with Gasteiger partial charge >= 0.3 is 6.09 Å². The van der Waals surface area contributed by atoms with Crippen molar-refractivity contribution >= 4 is 29.3 Å². The van der Waals surface area contributed by atoms with Crippen LogP contribution in [0.5, 0.6) is 0 Å². The first-order chi connectivity index (χ1) is 15.4. The molecular weight excluding hydrogens is 440 g/mol. The number of nitrogens with zero attached hydrogens (tertiary/aromatic N) is 1. The summed E-state index contributed by atoms with van der Waals surface area (Å²) in [5, 5.41) is 5.17. The van der Waals surface area contributed by atoms with Gasteiger partial charge in [-0.15, -0.1) is 0 Å². The van der Waals surface area contributed by atoms with E-state index in [9.17, 15) is 18.4 Å². The Morgan fingerprint density at radius 3 is 2.69 bits per heavy atom. The highest BCUT2D eigenvalue weighted by atomic mass is 35.5. The number of carbonyl (C=O) groups excluding carboxylic acids is 2. The summed E-state index contributed by atoms with van der Waals surface area (Å²) in [6.07, 6.45) is 1.69. The molecule has 32 heavy (non-hydrogen) atoms. The van der Waals surface area contributed by atoms with Crippen LogP contribution in [0.2, 0.25) is 5.02 Å². The topological polar surface area (TPSA) is 80.3 Å². The van der Waals surface area contributed by atoms with E-state index in [0.29, 0.717) is 29.8 Å². The number of alkyl carbamates (subject to hydrolysis) is 1. The number of pyridine rings is 1. The Labute approximate surface area is 187 Å². The maximum absolute atomic E-state index is 14.6. The van der Waals surface area contributed by atoms with Crippen molar-refractivity contribution < 1.29 is 23.1 Å². The molecule has 1 aliphatic rings. The Hall–Kier alpha value is -3.52. The van der Waals surface area contributed by atoms with Gasteiger partial charge in [0.15, 0.2) is 0 Å². The smallest absolute Gasteiger partial charge is 0.408 e. The van der Waals surface area contributed by atoms with Gasteiger partial charge in [-0.25, -0.2) is 13.6 Å². The van der Waals surface area contributed by atoms with Gasteiger partial charge in [0.2, 0.25) is 0 Å². The van der Waals surface area contributed by atoms with Gasteiger partial charge in [-0.05, 0) is 60.9 Å². The molecule has 0 spiro atoms. The molecule has 0 aliphatic heterocycles. The number of aromatic nitrogens is 1. The molecule has 6 nitrogen and oxygen atoms in total. The van der Waals surface area contributed by atoms with Gasteiger partial charge in [0, 0.05) is 23.0 Å². The molecule has 1 aromatic heterocycles. The van der Waals surface area contributed by atoms with E-state index in [1.54, 1.807) is 24.4 Å². The van der Waals surface area contributed by atoms with Crippen LogP contribution in [0.3, 0.4) is 0 Å². The first kappa shape index (κ1) is 21.7. The van der Waals surface area contributed by atoms with Gasteiger partial charge in [-0.2, -0.15) is 0 Å². The zero-order chi connectivity index (χ0) is 22.7. The molecule has 4 rings (SSSR count). The van der Waals surface area contributed by atoms with Gasteiger partial charge in [-0.1, -0.05) is 17.7 Å². The van der Waals surface area contributed by atoms with E-state index in [0.717, 1.165) is 6.07 Å². The van der Waals surface area contributed by atoms with E-state index < -0.39 is 29.7 Å². The van der Waals surface area contributed by atoms with E-state index in [1.165, 1.54) is 24.3 Å². The molecule has 1 unspecified atom stereocenters. The number of hydrogen-bond donors (Lipinski definition) is 2. The van der Waals surface area contributed by atoms with E-state index in [-0.39, 0.29) is 22.8 Å². The molecule has 1 atom stereocenters. The van der Waals surface area contributed by atoms with Crippen LogP contribution >= 0.6 is 11.6 Å². The van der Waals surface area contributed by atoms with Crippen molar-refractivity contribution in [2.75, 3.05) is 5.32 Å². The quantitative estimate of drug-likeness (QED) is 0.553. The zero-order valence-corrected chi connectivity index (χ0v) is 17.5. The van der Waals surface area contributed by atoms with Crippen LogP contribution in [0.4, 0.5) is 19.3 Å². The van der Waals surface area contributed by atoms with Gasteiger partial charge < -0.3 is 15.4 Å². The summed E-state index contributed by atoms with van der Waals surface area (Å²) >= 11 is 5.76. The van der Waals surface area contributed by atoms with E-state index in [2.05, 4.69) is 15.6 Å². The van der Waals surface area contributed by atoms with Crippen LogP contribution in [-0.4, -0.2) is 17.0 Å². The maximum Gasteiger partial charge on any atom is 0.408 e. The first-order valence-corrected chi connectivity index (χ1v) is 10.2. The molecule has 0 radical (unpaired) electrons. The highest BCUT2D eigenvalue weighted by Gasteiger charge is 2.31. The summed E-state index contributed by atoms with van der Waals surface area (Å²) in [5.41, 5.74) is 1.93. The molecule has 0 fully saturated rings. The minimum atomic E-state index is -0.705. The van der Waals surface area contributed by atoms with Crippen molar-refractivity contribution in [3.63, 3.8) is 0 Å². The van der Waals surface area contributed by atoms with Crippen molar-refractivity contribution in [3.8, 4) is 0 Å². The summed E-state index contributed by atoms with van der Waals surface area (Å²) < 4.78 is 33.1. The van der Waals surface area contributed by atoms with Gasteiger partial charge in [0.25, 0.3) is 5.91 Å². The fraction of sp³-hybridized carbons (Fsp3) is 0.174. The van der Waals surface area contributed by atoms with Gasteiger partial charge in [0.05, 0.1) is 16.8 Å². The number of ether oxygens (including phenoxy) is 1. The second-order valence-corrected chi connectivity index (χ2v) is 7.61. The normalized spacial score (nSPS) is 14.5. The number of carbonyl (C=O) groups is 2. The molecule has 0 bridgehead atoms. The Bertz CT molecular complexity index is 1170. The Balaban J connectivity index is 1.47. The van der Waals surface area contributed by atoms with Crippen molar-refractivity contribution in [2.45, 2.75) is 25.5 Å². The van der Waals surface area contributed by atoms with Crippen LogP contribution in [0.25, 0.3) is 0 Å². The average Bonchev–Trinajstić information content (AvgIpc) is 3.20. The van der Waals surface area contributed by atoms with Crippen molar-refractivity contribution in [1.82, 2.24) is 10.3 Å². The molecule has 3 aromatic rings. The third kappa shape index (κ3) is 4.70. The lowest BCUT2D eigenvalue weighted by molar-refractivity contribution is 0.102. The minimum absolute atomic E-state index is 0.0165. The van der Waals surface area contributed by atoms with Gasteiger partial charge in [-0.3, -0.25) is 9.78 Å². The minimum Gasteiger partial charge on any atom is -0.443 e. The fourth-order valence-corrected chi connectivity index (χ4v) is 3.83. The first-order valence-electron chi connectivity index (χ1n) is 9.83. The number of nitrogens with one attached hydrogen (secondary N) is 2. The monoisotopic (exact) mass is 457 g/mol. The van der Waals surface area contributed by atoms with Crippen LogP contribution < -0.4 is 10.6 Å². The lowest BCUT2D eigenvalue weighted by Gasteiger charge is -2.16. The second-order valence-electron chi connectivity index (χ2n) is 7.20. The molecule has 164 valence electrons. The van der Waals surface area contributed by atoms with Gasteiger partial charge in [0.1, 0.15) is 18.2 Å². The molecule has 2 amide bonds. The average molecular weight is 458 g/mol. The summed E-state index contributed by atoms with van der Waals surface area (Å²) in [7, 11) is 0. The van der Waals surface area contributed by atoms with Crippen molar-refractivity contribution in [1.29, 1.82) is 0 Å². The van der Waals surface area contributed by atoms with Crippen LogP contribution in [0.15, 0.2) is 54.7 Å². The molecule has 1 heterocycles. The number of rotatable bonds is 5. The number of anilines is 1. The predicted molar refractivity (Wildman–Crippen MR) is 114 cm³/mol. The van der Waals surface area contributed by atoms with E-state index in [4.69, 9.17) is 16.3 Å². The summed E-state index contributed by atoms with van der Waals surface area (Å²) in [4.78, 5) is 29.1. The molecule has 0 saturated heterocycles. The second kappa shape index (κ2) is 9.32. The number of halogens is 3. The van der Waals surface area contributed by atoms with E-state index in [1.807, 2.05) is 0 Å². The van der Waals surface area contributed by atoms with Crippen LogP contribution in [0, 0.1) is 11.6 Å². The number of fused-ring (bicyclic) bond motifs is 1. The third-order valence-electron chi connectivity index (χ3n) is 5.13. The lowest BCUT2D eigenvalue weighted by atomic mass is 10.0. The largest absolute Gasteiger partial charge is 0.443 e. The Morgan fingerprint density at radius 1 is 1.12 bits per heavy atom. The van der Waals surface area contributed by atoms with E-state index >= 15 is 0 Å². The summed E-state index contributed by atoms with van der Waals surface area (Å²) in [6.45, 7) is -0.0165. The molecule has 9 heteroatoms. The molecule has 2 N–H and O–H groups in total. The highest BCUT2D eigenvalue weighted by Crippen LogP contribution is 2.36. The predicted octanol–water partition coefficient (Wildman–Crippen LogP) is 5.18. The Kier molecular flexibility index (Phi) is 6.32. The summed E-state index contributed by atoms with van der Waals surface area (Å²) in [6, 6.07) is 11.0. The third-order valence-corrected chi connectivity index (χ3v) is 5.42. The highest BCUT2D eigenvalue weighted by molar-refractivity contribution is 6.31. The molecule has 1 aliphatic carbocycles. The molecule has 2 aromatic carbocycles. The van der Waals surface area contributed by atoms with Crippen molar-refractivity contribution in [3.05, 3.63) is 93.8 Å². The van der Waals surface area contributed by atoms with Crippen LogP contribution in [-0.2, 0) is 17.8 Å². The molecular formula is C23H18ClF2N3O3. The standard InChI is InChI=1S/C23H18ClF2N3O3/c24-17-11-13(4-7-18(17)25)28-22(30)16-5-8-19(26)21-15(16)6-9-20(21)29-23(31)32-12-14-3-1-2-10-27-14/h1-5,7-8,10-11,20H,6,9,12H2,(H,28,30)(H,29,31). The number of amides is 2. The zero-order valence-electron chi connectivity index (χ0n) is 16.7. The SMILES string of the molecule is O=C(NC1CCc2c(C(=O)Nc3ccc(F)c(Cl)c3)ccc(F)c21)OCc1ccccn1. The van der Waals surface area contributed by atoms with Crippen LogP contribution in [0.1, 0.15) is 39.6 Å².